The van der Waals surface area contributed by atoms with E-state index in [1.807, 2.05) is 12.4 Å². The van der Waals surface area contributed by atoms with E-state index in [-0.39, 0.29) is 12.1 Å². The summed E-state index contributed by atoms with van der Waals surface area (Å²) in [6, 6.07) is 7.05. The van der Waals surface area contributed by atoms with Crippen molar-refractivity contribution in [2.24, 2.45) is 0 Å². The van der Waals surface area contributed by atoms with Crippen LogP contribution in [-0.4, -0.2) is 65.9 Å². The number of aliphatic hydroxyl groups is 1. The molecule has 2 aromatic rings. The molecule has 3 heterocycles. The van der Waals surface area contributed by atoms with Crippen LogP contribution in [0.2, 0.25) is 0 Å². The van der Waals surface area contributed by atoms with Gasteiger partial charge >= 0.3 is 0 Å². The second-order valence-electron chi connectivity index (χ2n) is 8.71. The molecule has 0 radical (unpaired) electrons. The van der Waals surface area contributed by atoms with Gasteiger partial charge in [-0.3, -0.25) is 4.90 Å². The molecule has 4 rings (SSSR count). The lowest BCUT2D eigenvalue weighted by Crippen LogP contribution is -2.47. The third-order valence-corrected chi connectivity index (χ3v) is 6.39. The number of ether oxygens (including phenoxy) is 1. The van der Waals surface area contributed by atoms with Gasteiger partial charge in [-0.2, -0.15) is 0 Å². The van der Waals surface area contributed by atoms with Crippen molar-refractivity contribution in [3.05, 3.63) is 47.3 Å². The molecule has 2 N–H and O–H groups in total. The molecule has 1 aromatic carbocycles. The Labute approximate surface area is 179 Å². The molecule has 2 aliphatic rings. The molecule has 2 aliphatic heterocycles. The van der Waals surface area contributed by atoms with E-state index in [1.165, 1.54) is 11.1 Å². The van der Waals surface area contributed by atoms with Crippen molar-refractivity contribution in [3.8, 4) is 5.75 Å². The maximum Gasteiger partial charge on any atom is 0.225 e. The zero-order valence-electron chi connectivity index (χ0n) is 18.3. The first kappa shape index (κ1) is 21.0. The molecule has 162 valence electrons. The Morgan fingerprint density at radius 3 is 2.60 bits per heavy atom. The number of aliphatic hydroxyl groups excluding tert-OH is 1. The standard InChI is InChI=1S/C23H33N5O2/c1-17(19-5-4-18-6-13-30-21(18)14-19)27-8-10-28(11-9-27)22-24-15-20(16-25-22)23(2,3)26-7-12-29/h4-5,14-17,26,29H,6-13H2,1-3H3. The van der Waals surface area contributed by atoms with Crippen LogP contribution in [0.1, 0.15) is 43.5 Å². The number of benzene rings is 1. The largest absolute Gasteiger partial charge is 0.493 e. The Kier molecular flexibility index (Phi) is 6.22. The summed E-state index contributed by atoms with van der Waals surface area (Å²) in [5.74, 6) is 1.85. The van der Waals surface area contributed by atoms with Crippen LogP contribution in [0.3, 0.4) is 0 Å². The summed E-state index contributed by atoms with van der Waals surface area (Å²) >= 11 is 0. The summed E-state index contributed by atoms with van der Waals surface area (Å²) in [7, 11) is 0. The van der Waals surface area contributed by atoms with Gasteiger partial charge in [-0.05, 0) is 38.0 Å². The predicted octanol–water partition coefficient (Wildman–Crippen LogP) is 2.11. The van der Waals surface area contributed by atoms with Crippen LogP contribution < -0.4 is 15.0 Å². The van der Waals surface area contributed by atoms with Crippen molar-refractivity contribution < 1.29 is 9.84 Å². The number of nitrogens with one attached hydrogen (secondary N) is 1. The average molecular weight is 412 g/mol. The minimum atomic E-state index is -0.269. The van der Waals surface area contributed by atoms with Crippen LogP contribution in [-0.2, 0) is 12.0 Å². The molecule has 0 spiro atoms. The van der Waals surface area contributed by atoms with E-state index in [1.54, 1.807) is 0 Å². The van der Waals surface area contributed by atoms with E-state index in [2.05, 4.69) is 64.1 Å². The average Bonchev–Trinajstić information content (AvgIpc) is 3.25. The summed E-state index contributed by atoms with van der Waals surface area (Å²) in [5.41, 5.74) is 3.40. The van der Waals surface area contributed by atoms with Gasteiger partial charge in [0, 0.05) is 68.7 Å². The zero-order valence-corrected chi connectivity index (χ0v) is 18.3. The fourth-order valence-electron chi connectivity index (χ4n) is 4.24. The number of rotatable bonds is 7. The second-order valence-corrected chi connectivity index (χ2v) is 8.71. The zero-order chi connectivity index (χ0) is 21.1. The Bertz CT molecular complexity index is 847. The fourth-order valence-corrected chi connectivity index (χ4v) is 4.24. The molecule has 0 amide bonds. The molecular formula is C23H33N5O2. The van der Waals surface area contributed by atoms with Gasteiger partial charge in [-0.15, -0.1) is 0 Å². The molecule has 0 saturated carbocycles. The van der Waals surface area contributed by atoms with E-state index < -0.39 is 0 Å². The third kappa shape index (κ3) is 4.43. The van der Waals surface area contributed by atoms with Crippen LogP contribution >= 0.6 is 0 Å². The molecule has 0 bridgehead atoms. The normalized spacial score (nSPS) is 18.2. The van der Waals surface area contributed by atoms with E-state index in [0.29, 0.717) is 12.6 Å². The topological polar surface area (TPSA) is 73.8 Å². The molecule has 30 heavy (non-hydrogen) atoms. The first-order valence-corrected chi connectivity index (χ1v) is 10.9. The molecular weight excluding hydrogens is 378 g/mol. The van der Waals surface area contributed by atoms with Crippen molar-refractivity contribution >= 4 is 5.95 Å². The van der Waals surface area contributed by atoms with Gasteiger partial charge in [0.2, 0.25) is 5.95 Å². The fraction of sp³-hybridized carbons (Fsp3) is 0.565. The molecule has 1 saturated heterocycles. The van der Waals surface area contributed by atoms with Crippen molar-refractivity contribution in [3.63, 3.8) is 0 Å². The molecule has 1 aromatic heterocycles. The summed E-state index contributed by atoms with van der Waals surface area (Å²) in [5, 5.41) is 12.4. The molecule has 7 heteroatoms. The number of fused-ring (bicyclic) bond motifs is 1. The first-order chi connectivity index (χ1) is 14.5. The lowest BCUT2D eigenvalue weighted by Gasteiger charge is -2.38. The lowest BCUT2D eigenvalue weighted by molar-refractivity contribution is 0.197. The highest BCUT2D eigenvalue weighted by molar-refractivity contribution is 5.41. The summed E-state index contributed by atoms with van der Waals surface area (Å²) < 4.78 is 5.75. The molecule has 1 unspecified atom stereocenters. The summed E-state index contributed by atoms with van der Waals surface area (Å²) in [6.07, 6.45) is 4.81. The smallest absolute Gasteiger partial charge is 0.225 e. The van der Waals surface area contributed by atoms with Crippen molar-refractivity contribution in [1.29, 1.82) is 0 Å². The number of nitrogens with zero attached hydrogens (tertiary/aromatic N) is 4. The van der Waals surface area contributed by atoms with Gasteiger partial charge in [-0.1, -0.05) is 12.1 Å². The number of piperazine rings is 1. The first-order valence-electron chi connectivity index (χ1n) is 10.9. The Balaban J connectivity index is 1.35. The van der Waals surface area contributed by atoms with Crippen LogP contribution in [0, 0.1) is 0 Å². The Morgan fingerprint density at radius 2 is 1.90 bits per heavy atom. The minimum Gasteiger partial charge on any atom is -0.493 e. The molecule has 0 aliphatic carbocycles. The SMILES string of the molecule is CC(c1ccc2c(c1)OCC2)N1CCN(c2ncc(C(C)(C)NCCO)cn2)CC1. The maximum absolute atomic E-state index is 9.05. The molecule has 1 atom stereocenters. The van der Waals surface area contributed by atoms with Crippen LogP contribution in [0.25, 0.3) is 0 Å². The number of hydrogen-bond acceptors (Lipinski definition) is 7. The summed E-state index contributed by atoms with van der Waals surface area (Å²) in [4.78, 5) is 14.0. The highest BCUT2D eigenvalue weighted by Crippen LogP contribution is 2.31. The molecule has 1 fully saturated rings. The summed E-state index contributed by atoms with van der Waals surface area (Å²) in [6.45, 7) is 11.7. The van der Waals surface area contributed by atoms with E-state index in [9.17, 15) is 0 Å². The van der Waals surface area contributed by atoms with Gasteiger partial charge in [0.15, 0.2) is 0 Å². The lowest BCUT2D eigenvalue weighted by atomic mass is 9.97. The van der Waals surface area contributed by atoms with Gasteiger partial charge in [0.1, 0.15) is 5.75 Å². The van der Waals surface area contributed by atoms with Gasteiger partial charge in [0.05, 0.1) is 13.2 Å². The van der Waals surface area contributed by atoms with Crippen molar-refractivity contribution in [2.75, 3.05) is 50.8 Å². The monoisotopic (exact) mass is 411 g/mol. The van der Waals surface area contributed by atoms with E-state index in [4.69, 9.17) is 9.84 Å². The van der Waals surface area contributed by atoms with Gasteiger partial charge in [0.25, 0.3) is 0 Å². The second kappa shape index (κ2) is 8.88. The van der Waals surface area contributed by atoms with Gasteiger partial charge in [-0.25, -0.2) is 9.97 Å². The van der Waals surface area contributed by atoms with E-state index >= 15 is 0 Å². The molecule has 7 nitrogen and oxygen atoms in total. The highest BCUT2D eigenvalue weighted by Gasteiger charge is 2.26. The van der Waals surface area contributed by atoms with Crippen molar-refractivity contribution in [1.82, 2.24) is 20.2 Å². The van der Waals surface area contributed by atoms with Gasteiger partial charge < -0.3 is 20.1 Å². The Hall–Kier alpha value is -2.22. The Morgan fingerprint density at radius 1 is 1.17 bits per heavy atom. The number of hydrogen-bond donors (Lipinski definition) is 2. The number of anilines is 1. The van der Waals surface area contributed by atoms with E-state index in [0.717, 1.165) is 56.5 Å². The number of aromatic nitrogens is 2. The van der Waals surface area contributed by atoms with Crippen LogP contribution in [0.4, 0.5) is 5.95 Å². The minimum absolute atomic E-state index is 0.115. The maximum atomic E-state index is 9.05. The van der Waals surface area contributed by atoms with Crippen LogP contribution in [0.5, 0.6) is 5.75 Å². The predicted molar refractivity (Wildman–Crippen MR) is 118 cm³/mol. The quantitative estimate of drug-likeness (QED) is 0.723. The highest BCUT2D eigenvalue weighted by atomic mass is 16.5. The third-order valence-electron chi connectivity index (χ3n) is 6.39. The van der Waals surface area contributed by atoms with Crippen molar-refractivity contribution in [2.45, 2.75) is 38.8 Å². The van der Waals surface area contributed by atoms with Crippen LogP contribution in [0.15, 0.2) is 30.6 Å².